The average Bonchev–Trinajstić information content (AvgIpc) is 2.27. The highest BCUT2D eigenvalue weighted by Gasteiger charge is 2.11. The molecule has 0 saturated heterocycles. The molecule has 0 aliphatic carbocycles. The fraction of sp³-hybridized carbons (Fsp3) is 0.400. The van der Waals surface area contributed by atoms with E-state index < -0.39 is 12.0 Å². The molecule has 0 radical (unpaired) electrons. The molecule has 0 aliphatic heterocycles. The molecule has 1 aromatic rings. The number of methoxy groups -OCH3 is 1. The molecule has 17 heavy (non-hydrogen) atoms. The Bertz CT molecular complexity index is 397. The van der Waals surface area contributed by atoms with Gasteiger partial charge in [-0.1, -0.05) is 0 Å². The van der Waals surface area contributed by atoms with Crippen LogP contribution in [0.15, 0.2) is 12.3 Å². The van der Waals surface area contributed by atoms with Crippen molar-refractivity contribution in [2.45, 2.75) is 6.10 Å². The first-order chi connectivity index (χ1) is 8.04. The molecule has 94 valence electrons. The highest BCUT2D eigenvalue weighted by atomic mass is 16.5. The lowest BCUT2D eigenvalue weighted by molar-refractivity contribution is 0.0727. The van der Waals surface area contributed by atoms with Gasteiger partial charge in [0.2, 0.25) is 0 Å². The summed E-state index contributed by atoms with van der Waals surface area (Å²) in [4.78, 5) is 15.1. The summed E-state index contributed by atoms with van der Waals surface area (Å²) in [7, 11) is 1.49. The quantitative estimate of drug-likeness (QED) is 0.515. The van der Waals surface area contributed by atoms with Gasteiger partial charge in [-0.25, -0.2) is 4.98 Å². The number of amides is 1. The van der Waals surface area contributed by atoms with Crippen LogP contribution in [0, 0.1) is 0 Å². The number of hydrogen-bond acceptors (Lipinski definition) is 6. The lowest BCUT2D eigenvalue weighted by Crippen LogP contribution is -2.26. The normalized spacial score (nSPS) is 12.1. The molecule has 1 heterocycles. The van der Waals surface area contributed by atoms with Gasteiger partial charge in [0.1, 0.15) is 5.82 Å². The van der Waals surface area contributed by atoms with E-state index in [9.17, 15) is 9.90 Å². The highest BCUT2D eigenvalue weighted by Crippen LogP contribution is 2.14. The summed E-state index contributed by atoms with van der Waals surface area (Å²) in [5, 5.41) is 12.2. The maximum Gasteiger partial charge on any atom is 0.252 e. The number of anilines is 2. The summed E-state index contributed by atoms with van der Waals surface area (Å²) in [5.41, 5.74) is 11.2. The lowest BCUT2D eigenvalue weighted by Gasteiger charge is -2.13. The van der Waals surface area contributed by atoms with Crippen LogP contribution >= 0.6 is 0 Å². The van der Waals surface area contributed by atoms with E-state index in [2.05, 4.69) is 10.3 Å². The predicted molar refractivity (Wildman–Crippen MR) is 63.5 cm³/mol. The number of aliphatic hydroxyl groups excluding tert-OH is 1. The van der Waals surface area contributed by atoms with Crippen LogP contribution in [0.5, 0.6) is 0 Å². The molecule has 7 heteroatoms. The van der Waals surface area contributed by atoms with Gasteiger partial charge in [-0.3, -0.25) is 4.79 Å². The molecule has 1 aromatic heterocycles. The van der Waals surface area contributed by atoms with E-state index in [4.69, 9.17) is 16.2 Å². The Kier molecular flexibility index (Phi) is 4.68. The number of pyridine rings is 1. The maximum absolute atomic E-state index is 11.1. The maximum atomic E-state index is 11.1. The van der Waals surface area contributed by atoms with Crippen molar-refractivity contribution >= 4 is 17.4 Å². The van der Waals surface area contributed by atoms with Gasteiger partial charge in [-0.2, -0.15) is 0 Å². The molecule has 1 amide bonds. The molecule has 0 spiro atoms. The number of aliphatic hydroxyl groups is 1. The van der Waals surface area contributed by atoms with Crippen LogP contribution in [0.4, 0.5) is 11.5 Å². The van der Waals surface area contributed by atoms with Crippen molar-refractivity contribution in [3.8, 4) is 0 Å². The van der Waals surface area contributed by atoms with Crippen LogP contribution in [0.2, 0.25) is 0 Å². The third-order valence-electron chi connectivity index (χ3n) is 2.04. The Hall–Kier alpha value is -1.86. The van der Waals surface area contributed by atoms with Crippen molar-refractivity contribution in [1.82, 2.24) is 4.98 Å². The highest BCUT2D eigenvalue weighted by molar-refractivity contribution is 5.98. The first-order valence-electron chi connectivity index (χ1n) is 5.00. The van der Waals surface area contributed by atoms with Crippen LogP contribution in [0.3, 0.4) is 0 Å². The molecule has 6 N–H and O–H groups in total. The van der Waals surface area contributed by atoms with Gasteiger partial charge in [-0.05, 0) is 6.07 Å². The summed E-state index contributed by atoms with van der Waals surface area (Å²) in [6, 6.07) is 1.43. The summed E-state index contributed by atoms with van der Waals surface area (Å²) in [6.07, 6.45) is 0.706. The zero-order chi connectivity index (χ0) is 12.8. The Morgan fingerprint density at radius 2 is 2.41 bits per heavy atom. The molecule has 0 fully saturated rings. The van der Waals surface area contributed by atoms with Crippen LogP contribution < -0.4 is 16.8 Å². The Morgan fingerprint density at radius 1 is 1.71 bits per heavy atom. The first kappa shape index (κ1) is 13.2. The van der Waals surface area contributed by atoms with E-state index in [1.54, 1.807) is 0 Å². The molecular weight excluding hydrogens is 224 g/mol. The number of nitrogen functional groups attached to an aromatic ring is 1. The number of nitrogens with one attached hydrogen (secondary N) is 1. The standard InChI is InChI=1S/C10H16N4O3/c1-17-5-7(15)4-14-10-8(9(12)16)2-6(11)3-13-10/h2-3,7,15H,4-5,11H2,1H3,(H2,12,16)(H,13,14). The molecule has 1 rings (SSSR count). The number of ether oxygens (including phenoxy) is 1. The zero-order valence-electron chi connectivity index (χ0n) is 9.51. The topological polar surface area (TPSA) is 123 Å². The van der Waals surface area contributed by atoms with E-state index in [1.807, 2.05) is 0 Å². The molecule has 1 unspecified atom stereocenters. The number of hydrogen-bond donors (Lipinski definition) is 4. The molecule has 0 aliphatic rings. The summed E-state index contributed by atoms with van der Waals surface area (Å²) in [6.45, 7) is 0.388. The summed E-state index contributed by atoms with van der Waals surface area (Å²) >= 11 is 0. The monoisotopic (exact) mass is 240 g/mol. The molecule has 0 aromatic carbocycles. The number of nitrogens with two attached hydrogens (primary N) is 2. The fourth-order valence-corrected chi connectivity index (χ4v) is 1.28. The van der Waals surface area contributed by atoms with Gasteiger partial charge in [0, 0.05) is 13.7 Å². The van der Waals surface area contributed by atoms with E-state index in [-0.39, 0.29) is 18.7 Å². The van der Waals surface area contributed by atoms with Gasteiger partial charge in [-0.15, -0.1) is 0 Å². The molecule has 1 atom stereocenters. The minimum atomic E-state index is -0.694. The van der Waals surface area contributed by atoms with E-state index in [0.717, 1.165) is 0 Å². The SMILES string of the molecule is COCC(O)CNc1ncc(N)cc1C(N)=O. The first-order valence-corrected chi connectivity index (χ1v) is 5.00. The van der Waals surface area contributed by atoms with Crippen LogP contribution in [0.25, 0.3) is 0 Å². The van der Waals surface area contributed by atoms with Crippen LogP contribution in [0.1, 0.15) is 10.4 Å². The van der Waals surface area contributed by atoms with Gasteiger partial charge >= 0.3 is 0 Å². The summed E-state index contributed by atoms with van der Waals surface area (Å²) in [5.74, 6) is -0.338. The Balaban J connectivity index is 2.73. The van der Waals surface area contributed by atoms with Crippen LogP contribution in [-0.2, 0) is 4.74 Å². The fourth-order valence-electron chi connectivity index (χ4n) is 1.28. The number of rotatable bonds is 6. The number of aromatic nitrogens is 1. The third-order valence-corrected chi connectivity index (χ3v) is 2.04. The van der Waals surface area contributed by atoms with E-state index in [1.165, 1.54) is 19.4 Å². The van der Waals surface area contributed by atoms with Crippen molar-refractivity contribution in [3.63, 3.8) is 0 Å². The Morgan fingerprint density at radius 3 is 3.00 bits per heavy atom. The van der Waals surface area contributed by atoms with Crippen molar-refractivity contribution in [3.05, 3.63) is 17.8 Å². The van der Waals surface area contributed by atoms with Gasteiger partial charge in [0.15, 0.2) is 0 Å². The van der Waals surface area contributed by atoms with Crippen molar-refractivity contribution in [1.29, 1.82) is 0 Å². The van der Waals surface area contributed by atoms with Gasteiger partial charge in [0.25, 0.3) is 5.91 Å². The van der Waals surface area contributed by atoms with Gasteiger partial charge < -0.3 is 26.6 Å². The Labute approximate surface area is 98.8 Å². The zero-order valence-corrected chi connectivity index (χ0v) is 9.51. The predicted octanol–water partition coefficient (Wildman–Crippen LogP) is -0.818. The largest absolute Gasteiger partial charge is 0.397 e. The van der Waals surface area contributed by atoms with E-state index in [0.29, 0.717) is 11.5 Å². The molecule has 0 bridgehead atoms. The van der Waals surface area contributed by atoms with Gasteiger partial charge in [0.05, 0.1) is 30.2 Å². The van der Waals surface area contributed by atoms with Crippen molar-refractivity contribution < 1.29 is 14.6 Å². The second kappa shape index (κ2) is 6.02. The van der Waals surface area contributed by atoms with Crippen molar-refractivity contribution in [2.75, 3.05) is 31.3 Å². The van der Waals surface area contributed by atoms with Crippen molar-refractivity contribution in [2.24, 2.45) is 5.73 Å². The lowest BCUT2D eigenvalue weighted by atomic mass is 10.2. The molecular formula is C10H16N4O3. The summed E-state index contributed by atoms with van der Waals surface area (Å²) < 4.78 is 4.77. The van der Waals surface area contributed by atoms with Crippen LogP contribution in [-0.4, -0.2) is 42.4 Å². The number of carbonyl (C=O) groups is 1. The molecule has 0 saturated carbocycles. The third kappa shape index (κ3) is 3.89. The van der Waals surface area contributed by atoms with E-state index >= 15 is 0 Å². The minimum absolute atomic E-state index is 0.188. The second-order valence-corrected chi connectivity index (χ2v) is 3.52. The average molecular weight is 240 g/mol. The number of primary amides is 1. The minimum Gasteiger partial charge on any atom is -0.397 e. The number of carbonyl (C=O) groups excluding carboxylic acids is 1. The second-order valence-electron chi connectivity index (χ2n) is 3.52. The number of nitrogens with zero attached hydrogens (tertiary/aromatic N) is 1. The molecule has 7 nitrogen and oxygen atoms in total. The smallest absolute Gasteiger partial charge is 0.252 e.